The van der Waals surface area contributed by atoms with E-state index in [-0.39, 0.29) is 12.1 Å². The molecule has 2 aliphatic rings. The molecule has 38 heavy (non-hydrogen) atoms. The topological polar surface area (TPSA) is 90.0 Å². The average molecular weight is 519 g/mol. The molecule has 2 fully saturated rings. The molecule has 8 nitrogen and oxygen atoms in total. The van der Waals surface area contributed by atoms with Crippen LogP contribution in [0.1, 0.15) is 50.7 Å². The van der Waals surface area contributed by atoms with Crippen molar-refractivity contribution in [3.8, 4) is 0 Å². The minimum Gasteiger partial charge on any atom is -0.346 e. The molecule has 1 N–H and O–H groups in total. The minimum atomic E-state index is -0.564. The molecule has 4 rings (SSSR count). The lowest BCUT2D eigenvalue weighted by Crippen LogP contribution is -2.59. The van der Waals surface area contributed by atoms with Crippen LogP contribution in [0.3, 0.4) is 0 Å². The number of hydrogen-bond donors (Lipinski definition) is 1. The van der Waals surface area contributed by atoms with E-state index in [1.54, 1.807) is 14.7 Å². The minimum absolute atomic E-state index is 0.0204. The lowest BCUT2D eigenvalue weighted by atomic mass is 9.98. The molecule has 2 atom stereocenters. The summed E-state index contributed by atoms with van der Waals surface area (Å²) in [5.41, 5.74) is 2.00. The van der Waals surface area contributed by atoms with E-state index in [1.165, 1.54) is 0 Å². The Bertz CT molecular complexity index is 1120. The van der Waals surface area contributed by atoms with Gasteiger partial charge in [-0.15, -0.1) is 0 Å². The molecule has 2 aliphatic heterocycles. The maximum absolute atomic E-state index is 13.1. The van der Waals surface area contributed by atoms with Gasteiger partial charge in [-0.3, -0.25) is 19.2 Å². The molecule has 0 saturated carbocycles. The van der Waals surface area contributed by atoms with Crippen molar-refractivity contribution >= 4 is 23.6 Å². The monoisotopic (exact) mass is 518 g/mol. The molecule has 0 bridgehead atoms. The van der Waals surface area contributed by atoms with Crippen molar-refractivity contribution in [2.75, 3.05) is 19.6 Å². The number of piperazine rings is 2. The zero-order valence-corrected chi connectivity index (χ0v) is 22.3. The van der Waals surface area contributed by atoms with Gasteiger partial charge in [0, 0.05) is 38.8 Å². The predicted octanol–water partition coefficient (Wildman–Crippen LogP) is 2.97. The lowest BCUT2D eigenvalue weighted by molar-refractivity contribution is -0.160. The Hall–Kier alpha value is -3.68. The third-order valence-electron chi connectivity index (χ3n) is 7.35. The average Bonchev–Trinajstić information content (AvgIpc) is 2.91. The fraction of sp³-hybridized carbons (Fsp3) is 0.467. The molecule has 2 aromatic carbocycles. The van der Waals surface area contributed by atoms with E-state index in [1.807, 2.05) is 60.7 Å². The molecule has 4 amide bonds. The van der Waals surface area contributed by atoms with Crippen molar-refractivity contribution in [3.63, 3.8) is 0 Å². The van der Waals surface area contributed by atoms with Gasteiger partial charge in [-0.1, -0.05) is 74.5 Å². The summed E-state index contributed by atoms with van der Waals surface area (Å²) >= 11 is 0. The number of nitrogens with zero attached hydrogens (tertiary/aromatic N) is 3. The van der Waals surface area contributed by atoms with Crippen LogP contribution in [0.5, 0.6) is 0 Å². The summed E-state index contributed by atoms with van der Waals surface area (Å²) in [5, 5.41) is 2.70. The molecule has 202 valence electrons. The van der Waals surface area contributed by atoms with Crippen molar-refractivity contribution in [1.82, 2.24) is 20.0 Å². The van der Waals surface area contributed by atoms with Gasteiger partial charge < -0.3 is 20.0 Å². The molecule has 0 spiro atoms. The molecule has 8 heteroatoms. The number of rotatable bonds is 11. The summed E-state index contributed by atoms with van der Waals surface area (Å²) in [4.78, 5) is 55.9. The SMILES string of the molecule is CC(C)C[C@H]1CN(CCCC[C@@H]2CNC(=O)C(=O)N2Cc2ccccc2)C(=O)C(=O)N1Cc1ccccc1. The van der Waals surface area contributed by atoms with Crippen molar-refractivity contribution < 1.29 is 19.2 Å². The first kappa shape index (κ1) is 27.4. The Morgan fingerprint density at radius 3 is 1.92 bits per heavy atom. The summed E-state index contributed by atoms with van der Waals surface area (Å²) in [5.74, 6) is -1.54. The number of benzene rings is 2. The van der Waals surface area contributed by atoms with Gasteiger partial charge in [-0.05, 0) is 42.7 Å². The lowest BCUT2D eigenvalue weighted by Gasteiger charge is -2.41. The second-order valence-corrected chi connectivity index (χ2v) is 10.7. The second kappa shape index (κ2) is 12.7. The summed E-state index contributed by atoms with van der Waals surface area (Å²) < 4.78 is 0. The number of carbonyl (C=O) groups is 4. The van der Waals surface area contributed by atoms with Crippen LogP contribution >= 0.6 is 0 Å². The van der Waals surface area contributed by atoms with E-state index in [2.05, 4.69) is 19.2 Å². The molecule has 0 unspecified atom stereocenters. The number of unbranched alkanes of at least 4 members (excludes halogenated alkanes) is 1. The Morgan fingerprint density at radius 1 is 0.763 bits per heavy atom. The van der Waals surface area contributed by atoms with Gasteiger partial charge >= 0.3 is 23.6 Å². The summed E-state index contributed by atoms with van der Waals surface area (Å²) in [6.07, 6.45) is 3.05. The summed E-state index contributed by atoms with van der Waals surface area (Å²) in [6, 6.07) is 19.3. The van der Waals surface area contributed by atoms with Crippen LogP contribution in [0.4, 0.5) is 0 Å². The standard InChI is InChI=1S/C30H38N4O4/c1-22(2)17-26-21-32(29(37)30(38)34(26)20-24-13-7-4-8-14-24)16-10-9-15-25-18-31-27(35)28(36)33(25)19-23-11-5-3-6-12-23/h3-8,11-14,22,25-26H,9-10,15-21H2,1-2H3,(H,31,35)/t25-,26+/m1/s1. The smallest absolute Gasteiger partial charge is 0.312 e. The van der Waals surface area contributed by atoms with Gasteiger partial charge in [0.05, 0.1) is 6.04 Å². The molecule has 2 heterocycles. The third-order valence-corrected chi connectivity index (χ3v) is 7.35. The highest BCUT2D eigenvalue weighted by atomic mass is 16.2. The Kier molecular flexibility index (Phi) is 9.15. The van der Waals surface area contributed by atoms with Gasteiger partial charge in [0.1, 0.15) is 0 Å². The van der Waals surface area contributed by atoms with E-state index in [9.17, 15) is 19.2 Å². The van der Waals surface area contributed by atoms with E-state index < -0.39 is 23.6 Å². The second-order valence-electron chi connectivity index (χ2n) is 10.7. The Morgan fingerprint density at radius 2 is 1.34 bits per heavy atom. The first-order chi connectivity index (χ1) is 18.3. The van der Waals surface area contributed by atoms with Gasteiger partial charge in [-0.2, -0.15) is 0 Å². The van der Waals surface area contributed by atoms with E-state index in [0.29, 0.717) is 45.1 Å². The maximum atomic E-state index is 13.1. The zero-order valence-electron chi connectivity index (χ0n) is 22.3. The predicted molar refractivity (Wildman–Crippen MR) is 144 cm³/mol. The highest BCUT2D eigenvalue weighted by Gasteiger charge is 2.39. The molecule has 2 saturated heterocycles. The summed E-state index contributed by atoms with van der Waals surface area (Å²) in [6.45, 7) is 6.57. The van der Waals surface area contributed by atoms with Crippen molar-refractivity contribution in [2.45, 2.75) is 64.7 Å². The fourth-order valence-electron chi connectivity index (χ4n) is 5.39. The third kappa shape index (κ3) is 6.79. The highest BCUT2D eigenvalue weighted by Crippen LogP contribution is 2.23. The number of amides is 4. The normalized spacial score (nSPS) is 20.3. The van der Waals surface area contributed by atoms with Crippen molar-refractivity contribution in [3.05, 3.63) is 71.8 Å². The van der Waals surface area contributed by atoms with Crippen LogP contribution in [0.15, 0.2) is 60.7 Å². The highest BCUT2D eigenvalue weighted by molar-refractivity contribution is 6.36. The fourth-order valence-corrected chi connectivity index (χ4v) is 5.39. The van der Waals surface area contributed by atoms with Crippen molar-refractivity contribution in [2.24, 2.45) is 5.92 Å². The number of carbonyl (C=O) groups excluding carboxylic acids is 4. The molecular weight excluding hydrogens is 480 g/mol. The number of nitrogens with one attached hydrogen (secondary N) is 1. The van der Waals surface area contributed by atoms with Crippen molar-refractivity contribution in [1.29, 1.82) is 0 Å². The molecule has 0 radical (unpaired) electrons. The Labute approximate surface area is 225 Å². The van der Waals surface area contributed by atoms with Crippen LogP contribution in [0.2, 0.25) is 0 Å². The summed E-state index contributed by atoms with van der Waals surface area (Å²) in [7, 11) is 0. The van der Waals surface area contributed by atoms with Crippen LogP contribution in [-0.2, 0) is 32.3 Å². The number of hydrogen-bond acceptors (Lipinski definition) is 4. The van der Waals surface area contributed by atoms with E-state index in [0.717, 1.165) is 30.4 Å². The van der Waals surface area contributed by atoms with E-state index in [4.69, 9.17) is 0 Å². The molecule has 2 aromatic rings. The van der Waals surface area contributed by atoms with Gasteiger partial charge in [0.15, 0.2) is 0 Å². The van der Waals surface area contributed by atoms with Gasteiger partial charge in [0.2, 0.25) is 0 Å². The Balaban J connectivity index is 1.34. The van der Waals surface area contributed by atoms with Crippen LogP contribution < -0.4 is 5.32 Å². The molecule has 0 aromatic heterocycles. The van der Waals surface area contributed by atoms with Crippen LogP contribution in [-0.4, -0.2) is 70.0 Å². The first-order valence-corrected chi connectivity index (χ1v) is 13.6. The molecular formula is C30H38N4O4. The van der Waals surface area contributed by atoms with E-state index >= 15 is 0 Å². The zero-order chi connectivity index (χ0) is 27.1. The van der Waals surface area contributed by atoms with Crippen LogP contribution in [0, 0.1) is 5.92 Å². The first-order valence-electron chi connectivity index (χ1n) is 13.6. The molecule has 0 aliphatic carbocycles. The van der Waals surface area contributed by atoms with Gasteiger partial charge in [0.25, 0.3) is 0 Å². The van der Waals surface area contributed by atoms with Gasteiger partial charge in [-0.25, -0.2) is 0 Å². The largest absolute Gasteiger partial charge is 0.346 e. The quantitative estimate of drug-likeness (QED) is 0.366. The maximum Gasteiger partial charge on any atom is 0.312 e. The van der Waals surface area contributed by atoms with Crippen LogP contribution in [0.25, 0.3) is 0 Å².